The molecule has 3 fully saturated rings. The quantitative estimate of drug-likeness (QED) is 0.179. The van der Waals surface area contributed by atoms with Gasteiger partial charge >= 0.3 is 0 Å². The lowest BCUT2D eigenvalue weighted by Crippen LogP contribution is -2.45. The Morgan fingerprint density at radius 2 is 1.67 bits per heavy atom. The highest BCUT2D eigenvalue weighted by Gasteiger charge is 2.58. The van der Waals surface area contributed by atoms with E-state index in [1.165, 1.54) is 11.1 Å². The first kappa shape index (κ1) is 32.4. The molecule has 0 spiro atoms. The van der Waals surface area contributed by atoms with Crippen LogP contribution in [0.3, 0.4) is 0 Å². The average Bonchev–Trinajstić information content (AvgIpc) is 3.77. The topological polar surface area (TPSA) is 140 Å². The Labute approximate surface area is 280 Å². The molecule has 0 aliphatic carbocycles. The fourth-order valence-electron chi connectivity index (χ4n) is 6.85. The number of hydrogen-bond donors (Lipinski definition) is 4. The zero-order chi connectivity index (χ0) is 33.1. The second-order valence-electron chi connectivity index (χ2n) is 12.9. The van der Waals surface area contributed by atoms with Crippen molar-refractivity contribution in [1.29, 1.82) is 0 Å². The van der Waals surface area contributed by atoms with Crippen LogP contribution in [0.25, 0.3) is 11.2 Å². The number of nitrogens with zero attached hydrogens (tertiary/aromatic N) is 5. The van der Waals surface area contributed by atoms with Crippen molar-refractivity contribution in [1.82, 2.24) is 35.1 Å². The summed E-state index contributed by atoms with van der Waals surface area (Å²) in [5.74, 6) is 0.0592. The summed E-state index contributed by atoms with van der Waals surface area (Å²) in [5.41, 5.74) is 3.57. The van der Waals surface area contributed by atoms with Gasteiger partial charge in [-0.2, -0.15) is 9.97 Å². The smallest absolute Gasteiger partial charge is 0.252 e. The number of carbonyl (C=O) groups excluding carboxylic acids is 1. The van der Waals surface area contributed by atoms with Crippen LogP contribution in [-0.2, 0) is 19.0 Å². The van der Waals surface area contributed by atoms with Crippen molar-refractivity contribution in [2.45, 2.75) is 57.0 Å². The van der Waals surface area contributed by atoms with Crippen LogP contribution in [0.2, 0.25) is 0 Å². The Balaban J connectivity index is 1.21. The van der Waals surface area contributed by atoms with Gasteiger partial charge in [0.15, 0.2) is 35.1 Å². The zero-order valence-corrected chi connectivity index (χ0v) is 27.8. The van der Waals surface area contributed by atoms with Crippen molar-refractivity contribution in [3.05, 3.63) is 78.1 Å². The van der Waals surface area contributed by atoms with Crippen LogP contribution in [0.15, 0.2) is 67.0 Å². The Morgan fingerprint density at radius 1 is 0.979 bits per heavy atom. The highest BCUT2D eigenvalue weighted by atomic mass is 16.8. The van der Waals surface area contributed by atoms with Crippen LogP contribution < -0.4 is 21.3 Å². The number of likely N-dealkylation sites (N-methyl/N-ethyl adjacent to an activating group) is 1. The summed E-state index contributed by atoms with van der Waals surface area (Å²) < 4.78 is 20.8. The Morgan fingerprint density at radius 3 is 2.35 bits per heavy atom. The van der Waals surface area contributed by atoms with Gasteiger partial charge in [-0.1, -0.05) is 60.7 Å². The molecule has 13 nitrogen and oxygen atoms in total. The molecule has 3 aliphatic rings. The number of nitrogens with one attached hydrogen (secondary N) is 4. The molecule has 3 aliphatic heterocycles. The second kappa shape index (κ2) is 14.1. The lowest BCUT2D eigenvalue weighted by molar-refractivity contribution is -0.197. The highest BCUT2D eigenvalue weighted by Crippen LogP contribution is 2.44. The minimum atomic E-state index is -0.874. The summed E-state index contributed by atoms with van der Waals surface area (Å²) in [5, 5.41) is 13.4. The molecule has 13 heteroatoms. The van der Waals surface area contributed by atoms with Gasteiger partial charge in [-0.3, -0.25) is 14.3 Å². The van der Waals surface area contributed by atoms with E-state index in [1.54, 1.807) is 6.33 Å². The summed E-state index contributed by atoms with van der Waals surface area (Å²) >= 11 is 0. The molecule has 0 radical (unpaired) electrons. The standard InChI is InChI=1S/C35H45N9O4/c1-4-37-32(45)28-27-29(48-35(2,3)47-27)33(46-28)44-22-40-26-30(41-34(42-31(26)44)38-17-20-43-18-15-36-16-19-43)39-21-25(23-11-7-5-8-12-23)24-13-9-6-10-14-24/h5-14,22,25,27-29,33,36H,4,15-21H2,1-3H3,(H,37,45)(H2,38,39,41,42)/t27-,28+,29-,33-/m1/s1. The monoisotopic (exact) mass is 655 g/mol. The third-order valence-electron chi connectivity index (χ3n) is 9.13. The van der Waals surface area contributed by atoms with Crippen LogP contribution in [0.4, 0.5) is 11.8 Å². The maximum Gasteiger partial charge on any atom is 0.252 e. The molecule has 4 atom stereocenters. The first-order valence-electron chi connectivity index (χ1n) is 16.9. The van der Waals surface area contributed by atoms with Crippen LogP contribution in [0.5, 0.6) is 0 Å². The van der Waals surface area contributed by atoms with Gasteiger partial charge in [0, 0.05) is 58.3 Å². The fraction of sp³-hybridized carbons (Fsp3) is 0.486. The van der Waals surface area contributed by atoms with Crippen molar-refractivity contribution in [2.24, 2.45) is 0 Å². The zero-order valence-electron chi connectivity index (χ0n) is 27.8. The van der Waals surface area contributed by atoms with E-state index in [9.17, 15) is 4.79 Å². The SMILES string of the molecule is CCNC(=O)[C@H]1O[C@@H](n2cnc3c(NCC(c4ccccc4)c4ccccc4)nc(NCCN4CCNCC4)nc32)[C@@H]2OC(C)(C)O[C@@H]21. The van der Waals surface area contributed by atoms with Gasteiger partial charge in [-0.05, 0) is 31.9 Å². The summed E-state index contributed by atoms with van der Waals surface area (Å²) in [6.07, 6.45) is -0.958. The number of hydrogen-bond acceptors (Lipinski definition) is 11. The van der Waals surface area contributed by atoms with Crippen molar-refractivity contribution in [2.75, 3.05) is 63.0 Å². The van der Waals surface area contributed by atoms with E-state index in [4.69, 9.17) is 29.2 Å². The maximum absolute atomic E-state index is 13.1. The molecule has 5 heterocycles. The number of ether oxygens (including phenoxy) is 3. The predicted molar refractivity (Wildman–Crippen MR) is 183 cm³/mol. The van der Waals surface area contributed by atoms with E-state index in [2.05, 4.69) is 74.7 Å². The number of anilines is 2. The number of fused-ring (bicyclic) bond motifs is 2. The molecule has 254 valence electrons. The van der Waals surface area contributed by atoms with Gasteiger partial charge in [-0.25, -0.2) is 4.98 Å². The number of benzene rings is 2. The Bertz CT molecular complexity index is 1640. The molecule has 2 aromatic heterocycles. The van der Waals surface area contributed by atoms with Crippen molar-refractivity contribution < 1.29 is 19.0 Å². The molecular weight excluding hydrogens is 610 g/mol. The molecule has 0 saturated carbocycles. The van der Waals surface area contributed by atoms with Crippen molar-refractivity contribution in [3.63, 3.8) is 0 Å². The Hall–Kier alpha value is -4.14. The molecule has 2 aromatic carbocycles. The average molecular weight is 656 g/mol. The molecular formula is C35H45N9O4. The summed E-state index contributed by atoms with van der Waals surface area (Å²) in [6.45, 7) is 12.2. The van der Waals surface area contributed by atoms with Crippen LogP contribution in [0.1, 0.15) is 44.0 Å². The van der Waals surface area contributed by atoms with Gasteiger partial charge in [0.1, 0.15) is 12.2 Å². The van der Waals surface area contributed by atoms with E-state index in [0.717, 1.165) is 32.7 Å². The minimum Gasteiger partial charge on any atom is -0.367 e. The molecule has 3 saturated heterocycles. The molecule has 7 rings (SSSR count). The molecule has 4 N–H and O–H groups in total. The van der Waals surface area contributed by atoms with E-state index in [0.29, 0.717) is 42.6 Å². The van der Waals surface area contributed by atoms with Crippen LogP contribution in [-0.4, -0.2) is 107 Å². The van der Waals surface area contributed by atoms with Crippen LogP contribution in [0, 0.1) is 0 Å². The molecule has 0 unspecified atom stereocenters. The van der Waals surface area contributed by atoms with Gasteiger partial charge in [0.05, 0.1) is 6.33 Å². The van der Waals surface area contributed by atoms with Crippen molar-refractivity contribution >= 4 is 28.8 Å². The summed E-state index contributed by atoms with van der Waals surface area (Å²) in [6, 6.07) is 20.9. The first-order valence-corrected chi connectivity index (χ1v) is 16.9. The van der Waals surface area contributed by atoms with Crippen LogP contribution >= 0.6 is 0 Å². The molecule has 4 aromatic rings. The third-order valence-corrected chi connectivity index (χ3v) is 9.13. The highest BCUT2D eigenvalue weighted by molar-refractivity contribution is 5.85. The number of piperazine rings is 1. The molecule has 48 heavy (non-hydrogen) atoms. The predicted octanol–water partition coefficient (Wildman–Crippen LogP) is 2.94. The second-order valence-corrected chi connectivity index (χ2v) is 12.9. The normalized spacial score (nSPS) is 23.8. The largest absolute Gasteiger partial charge is 0.367 e. The lowest BCUT2D eigenvalue weighted by Gasteiger charge is -2.27. The minimum absolute atomic E-state index is 0.0756. The Kier molecular flexibility index (Phi) is 9.55. The van der Waals surface area contributed by atoms with Gasteiger partial charge < -0.3 is 35.5 Å². The van der Waals surface area contributed by atoms with Gasteiger partial charge in [0.2, 0.25) is 5.95 Å². The number of rotatable bonds is 12. The van der Waals surface area contributed by atoms with E-state index in [1.807, 2.05) is 37.5 Å². The maximum atomic E-state index is 13.1. The fourth-order valence-corrected chi connectivity index (χ4v) is 6.85. The van der Waals surface area contributed by atoms with E-state index in [-0.39, 0.29) is 11.8 Å². The lowest BCUT2D eigenvalue weighted by atomic mass is 9.91. The van der Waals surface area contributed by atoms with E-state index < -0.39 is 30.3 Å². The number of aromatic nitrogens is 4. The molecule has 1 amide bonds. The van der Waals surface area contributed by atoms with Gasteiger partial charge in [-0.15, -0.1) is 0 Å². The van der Waals surface area contributed by atoms with Crippen molar-refractivity contribution in [3.8, 4) is 0 Å². The number of imidazole rings is 1. The number of carbonyl (C=O) groups is 1. The molecule has 0 bridgehead atoms. The third kappa shape index (κ3) is 6.87. The van der Waals surface area contributed by atoms with Gasteiger partial charge in [0.25, 0.3) is 5.91 Å². The van der Waals surface area contributed by atoms with E-state index >= 15 is 0 Å². The number of amides is 1. The first-order chi connectivity index (χ1) is 23.4. The summed E-state index contributed by atoms with van der Waals surface area (Å²) in [4.78, 5) is 30.2. The summed E-state index contributed by atoms with van der Waals surface area (Å²) in [7, 11) is 0.